The zero-order chi connectivity index (χ0) is 87.9. The van der Waals surface area contributed by atoms with Crippen molar-refractivity contribution in [1.82, 2.24) is 0 Å². The SMILES string of the molecule is CC/C=C\C/C=C\C/C=C\C/C=C\C/C=C\CCCCCCCCCCCCCCCCCCCCCC(=O)OCC(O)COP(=O)(O)OCC(O)COP(=O)(O)OCC(COC(=O)CCCCCCCCCCC/C=C\C/C=C\C/C=C\C/C=C\C/C=C\CC)OC(=O)CCCCCCCCCCC/C=C\C/C=C\C/C=C\C/C=C\CCCCC. The first-order valence-electron chi connectivity index (χ1n) is 48.4. The average Bonchev–Trinajstić information content (AvgIpc) is 0.901. The number of carbonyl (C=O) groups is 3. The quantitative estimate of drug-likeness (QED) is 0.0146. The molecular formula is C103H176O16P2. The van der Waals surface area contributed by atoms with Crippen molar-refractivity contribution in [2.45, 2.75) is 424 Å². The van der Waals surface area contributed by atoms with Gasteiger partial charge in [-0.15, -0.1) is 0 Å². The molecule has 0 spiro atoms. The second kappa shape index (κ2) is 94.1. The highest BCUT2D eigenvalue weighted by Crippen LogP contribution is 2.45. The van der Waals surface area contributed by atoms with E-state index in [-0.39, 0.29) is 19.3 Å². The van der Waals surface area contributed by atoms with Gasteiger partial charge < -0.3 is 34.2 Å². The van der Waals surface area contributed by atoms with Crippen LogP contribution in [0.5, 0.6) is 0 Å². The second-order valence-corrected chi connectivity index (χ2v) is 35.0. The summed E-state index contributed by atoms with van der Waals surface area (Å²) in [6, 6.07) is 0. The maximum atomic E-state index is 13.1. The Morgan fingerprint density at radius 3 is 0.694 bits per heavy atom. The van der Waals surface area contributed by atoms with Crippen molar-refractivity contribution < 1.29 is 75.8 Å². The number of ether oxygens (including phenoxy) is 3. The number of aliphatic hydroxyl groups is 2. The zero-order valence-electron chi connectivity index (χ0n) is 76.6. The Bertz CT molecular complexity index is 2880. The van der Waals surface area contributed by atoms with Crippen LogP contribution in [0.25, 0.3) is 0 Å². The van der Waals surface area contributed by atoms with Crippen molar-refractivity contribution in [2.75, 3.05) is 39.6 Å². The minimum atomic E-state index is -4.95. The van der Waals surface area contributed by atoms with E-state index >= 15 is 0 Å². The topological polar surface area (TPSA) is 231 Å². The molecule has 5 atom stereocenters. The highest BCUT2D eigenvalue weighted by atomic mass is 31.2. The summed E-state index contributed by atoms with van der Waals surface area (Å²) >= 11 is 0. The fraction of sp³-hybridized carbons (Fsp3) is 0.699. The average molecular weight is 1730 g/mol. The van der Waals surface area contributed by atoms with Crippen molar-refractivity contribution in [3.05, 3.63) is 170 Å². The fourth-order valence-electron chi connectivity index (χ4n) is 13.1. The molecule has 16 nitrogen and oxygen atoms in total. The molecule has 694 valence electrons. The molecule has 5 unspecified atom stereocenters. The van der Waals surface area contributed by atoms with Crippen LogP contribution in [0.2, 0.25) is 0 Å². The molecule has 0 aliphatic carbocycles. The summed E-state index contributed by atoms with van der Waals surface area (Å²) in [5.41, 5.74) is 0. The standard InChI is InChI=1S/C103H176O16P2/c1-4-7-10-13-16-19-22-25-28-31-34-37-40-43-44-45-46-47-48-49-50-51-52-55-57-59-62-65-68-71-74-77-80-83-86-89-101(106)113-92-98(104)93-115-120(109,110)116-94-99(105)95-117-121(111,112)118-97-100(119-103(108)91-88-85-82-79-76-73-70-67-64-61-58-54-42-39-36-33-30-27-24-21-18-15-12-9-6-3)96-114-102(107)90-87-84-81-78-75-72-69-66-63-60-56-53-41-38-35-32-29-26-23-20-17-14-11-8-5-2/h7-8,10-11,16-21,25-30,34-39,43-44,53-54,56,58,98-100,104-105H,4-6,9,12-15,22-24,31-33,40-42,45-52,55,57,59-97H2,1-3H3,(H,109,110)(H,111,112)/b10-7-,11-8-,19-16-,20-17-,21-18-,28-25-,29-26-,30-27-,37-34-,38-35-,39-36-,44-43-,56-53-,58-54-. The fourth-order valence-corrected chi connectivity index (χ4v) is 14.7. The van der Waals surface area contributed by atoms with Crippen molar-refractivity contribution in [1.29, 1.82) is 0 Å². The van der Waals surface area contributed by atoms with E-state index in [1.54, 1.807) is 0 Å². The molecule has 121 heavy (non-hydrogen) atoms. The Morgan fingerprint density at radius 1 is 0.240 bits per heavy atom. The molecule has 0 amide bonds. The van der Waals surface area contributed by atoms with Crippen LogP contribution in [0.1, 0.15) is 406 Å². The van der Waals surface area contributed by atoms with Crippen LogP contribution in [0.15, 0.2) is 170 Å². The molecule has 0 saturated heterocycles. The lowest BCUT2D eigenvalue weighted by molar-refractivity contribution is -0.161. The van der Waals surface area contributed by atoms with Crippen molar-refractivity contribution in [3.8, 4) is 0 Å². The van der Waals surface area contributed by atoms with Crippen LogP contribution in [0.3, 0.4) is 0 Å². The van der Waals surface area contributed by atoms with E-state index in [1.165, 1.54) is 180 Å². The number of allylic oxidation sites excluding steroid dienone is 28. The maximum absolute atomic E-state index is 13.1. The van der Waals surface area contributed by atoms with Crippen molar-refractivity contribution in [2.24, 2.45) is 0 Å². The van der Waals surface area contributed by atoms with Crippen molar-refractivity contribution in [3.63, 3.8) is 0 Å². The normalized spacial score (nSPS) is 14.5. The minimum absolute atomic E-state index is 0.0922. The highest BCUT2D eigenvalue weighted by Gasteiger charge is 2.30. The van der Waals surface area contributed by atoms with Crippen LogP contribution in [0, 0.1) is 0 Å². The third-order valence-electron chi connectivity index (χ3n) is 20.4. The Labute approximate surface area is 739 Å². The van der Waals surface area contributed by atoms with Crippen LogP contribution < -0.4 is 0 Å². The predicted octanol–water partition coefficient (Wildman–Crippen LogP) is 30.2. The molecule has 0 saturated carbocycles. The van der Waals surface area contributed by atoms with Gasteiger partial charge in [0.05, 0.1) is 26.4 Å². The van der Waals surface area contributed by atoms with E-state index in [0.29, 0.717) is 19.3 Å². The van der Waals surface area contributed by atoms with Crippen LogP contribution in [-0.4, -0.2) is 95.9 Å². The van der Waals surface area contributed by atoms with Gasteiger partial charge in [0, 0.05) is 19.3 Å². The Kier molecular flexibility index (Phi) is 90.1. The Morgan fingerprint density at radius 2 is 0.438 bits per heavy atom. The summed E-state index contributed by atoms with van der Waals surface area (Å²) in [7, 11) is -9.82. The van der Waals surface area contributed by atoms with Gasteiger partial charge >= 0.3 is 33.6 Å². The molecule has 18 heteroatoms. The molecule has 0 bridgehead atoms. The summed E-state index contributed by atoms with van der Waals surface area (Å²) < 4.78 is 61.6. The molecule has 0 aromatic rings. The van der Waals surface area contributed by atoms with E-state index in [2.05, 4.69) is 191 Å². The number of hydrogen-bond acceptors (Lipinski definition) is 14. The molecule has 0 fully saturated rings. The molecule has 0 aromatic heterocycles. The lowest BCUT2D eigenvalue weighted by atomic mass is 10.0. The number of esters is 3. The summed E-state index contributed by atoms with van der Waals surface area (Å²) in [6.45, 7) is 2.47. The van der Waals surface area contributed by atoms with Gasteiger partial charge in [0.25, 0.3) is 0 Å². The molecule has 0 aliphatic rings. The van der Waals surface area contributed by atoms with E-state index in [1.807, 2.05) is 0 Å². The van der Waals surface area contributed by atoms with Crippen LogP contribution in [-0.2, 0) is 55.8 Å². The molecule has 0 radical (unpaired) electrons. The first kappa shape index (κ1) is 116. The number of phosphoric ester groups is 2. The van der Waals surface area contributed by atoms with Gasteiger partial charge in [-0.1, -0.05) is 403 Å². The van der Waals surface area contributed by atoms with Gasteiger partial charge in [0.15, 0.2) is 6.10 Å². The van der Waals surface area contributed by atoms with Crippen LogP contribution >= 0.6 is 15.6 Å². The third-order valence-corrected chi connectivity index (χ3v) is 22.3. The number of carbonyl (C=O) groups excluding carboxylic acids is 3. The van der Waals surface area contributed by atoms with Gasteiger partial charge in [-0.25, -0.2) is 9.13 Å². The van der Waals surface area contributed by atoms with E-state index in [9.17, 15) is 43.5 Å². The minimum Gasteiger partial charge on any atom is -0.463 e. The first-order chi connectivity index (χ1) is 59.2. The summed E-state index contributed by atoms with van der Waals surface area (Å²) in [5.74, 6) is -1.58. The molecule has 0 aromatic carbocycles. The third kappa shape index (κ3) is 95.4. The molecular weight excluding hydrogens is 1560 g/mol. The van der Waals surface area contributed by atoms with Crippen molar-refractivity contribution >= 4 is 33.6 Å². The Hall–Kier alpha value is -5.09. The van der Waals surface area contributed by atoms with Gasteiger partial charge in [0.2, 0.25) is 0 Å². The van der Waals surface area contributed by atoms with E-state index < -0.39 is 91.5 Å². The molecule has 4 N–H and O–H groups in total. The number of phosphoric acid groups is 2. The summed E-state index contributed by atoms with van der Waals surface area (Å²) in [6.07, 6.45) is 123. The van der Waals surface area contributed by atoms with E-state index in [0.717, 1.165) is 167 Å². The highest BCUT2D eigenvalue weighted by molar-refractivity contribution is 7.47. The number of hydrogen-bond donors (Lipinski definition) is 4. The zero-order valence-corrected chi connectivity index (χ0v) is 78.4. The summed E-state index contributed by atoms with van der Waals surface area (Å²) in [4.78, 5) is 59.1. The van der Waals surface area contributed by atoms with Gasteiger partial charge in [-0.2, -0.15) is 0 Å². The predicted molar refractivity (Wildman–Crippen MR) is 509 cm³/mol. The second-order valence-electron chi connectivity index (χ2n) is 32.1. The smallest absolute Gasteiger partial charge is 0.463 e. The molecule has 0 rings (SSSR count). The van der Waals surface area contributed by atoms with Gasteiger partial charge in [-0.3, -0.25) is 32.5 Å². The van der Waals surface area contributed by atoms with Gasteiger partial charge in [0.1, 0.15) is 25.4 Å². The van der Waals surface area contributed by atoms with Crippen LogP contribution in [0.4, 0.5) is 0 Å². The largest absolute Gasteiger partial charge is 0.472 e. The first-order valence-corrected chi connectivity index (χ1v) is 51.4. The number of unbranched alkanes of at least 4 members (excludes halogenated alkanes) is 40. The maximum Gasteiger partial charge on any atom is 0.472 e. The van der Waals surface area contributed by atoms with Gasteiger partial charge in [-0.05, 0) is 154 Å². The molecule has 0 aliphatic heterocycles. The number of aliphatic hydroxyl groups excluding tert-OH is 2. The monoisotopic (exact) mass is 1730 g/mol. The number of rotatable bonds is 91. The lowest BCUT2D eigenvalue weighted by Crippen LogP contribution is -2.30. The molecule has 0 heterocycles. The Balaban J connectivity index is 4.56. The summed E-state index contributed by atoms with van der Waals surface area (Å²) in [5, 5.41) is 20.8. The lowest BCUT2D eigenvalue weighted by Gasteiger charge is -2.21. The van der Waals surface area contributed by atoms with E-state index in [4.69, 9.17) is 32.3 Å².